The van der Waals surface area contributed by atoms with Crippen molar-refractivity contribution in [2.75, 3.05) is 11.9 Å². The molecule has 0 radical (unpaired) electrons. The van der Waals surface area contributed by atoms with Gasteiger partial charge in [0, 0.05) is 18.7 Å². The number of rotatable bonds is 4. The lowest BCUT2D eigenvalue weighted by molar-refractivity contribution is -0.384. The number of likely N-dealkylation sites (tertiary alicyclic amines) is 1. The largest absolute Gasteiger partial charge is 0.326 e. The van der Waals surface area contributed by atoms with E-state index in [1.54, 1.807) is 30.0 Å². The van der Waals surface area contributed by atoms with Gasteiger partial charge in [-0.25, -0.2) is 0 Å². The zero-order chi connectivity index (χ0) is 18.0. The summed E-state index contributed by atoms with van der Waals surface area (Å²) in [4.78, 5) is 37.8. The van der Waals surface area contributed by atoms with Gasteiger partial charge in [-0.3, -0.25) is 19.7 Å². The number of anilines is 1. The number of carbonyl (C=O) groups excluding carboxylic acids is 2. The highest BCUT2D eigenvalue weighted by Gasteiger charge is 2.35. The zero-order valence-corrected chi connectivity index (χ0v) is 14.4. The molecule has 0 bridgehead atoms. The zero-order valence-electron chi connectivity index (χ0n) is 13.6. The third kappa shape index (κ3) is 3.53. The molecule has 1 aromatic heterocycles. The molecule has 0 unspecified atom stereocenters. The van der Waals surface area contributed by atoms with Crippen molar-refractivity contribution in [3.05, 3.63) is 56.3 Å². The van der Waals surface area contributed by atoms with Gasteiger partial charge in [-0.1, -0.05) is 12.1 Å². The Morgan fingerprint density at radius 3 is 2.84 bits per heavy atom. The number of hydrogen-bond acceptors (Lipinski definition) is 5. The molecular formula is C17H17N3O4S. The first kappa shape index (κ1) is 17.1. The lowest BCUT2D eigenvalue weighted by Gasteiger charge is -2.23. The number of nitrogens with zero attached hydrogens (tertiary/aromatic N) is 2. The molecule has 0 spiro atoms. The minimum absolute atomic E-state index is 0.0844. The van der Waals surface area contributed by atoms with Crippen LogP contribution >= 0.6 is 11.3 Å². The second-order valence-corrected chi connectivity index (χ2v) is 6.83. The van der Waals surface area contributed by atoms with Crippen LogP contribution in [0.15, 0.2) is 35.7 Å². The first-order chi connectivity index (χ1) is 12.0. The smallest absolute Gasteiger partial charge is 0.271 e. The van der Waals surface area contributed by atoms with Crippen molar-refractivity contribution in [2.45, 2.75) is 25.8 Å². The maximum absolute atomic E-state index is 12.7. The predicted octanol–water partition coefficient (Wildman–Crippen LogP) is 3.21. The molecule has 25 heavy (non-hydrogen) atoms. The highest BCUT2D eigenvalue weighted by Crippen LogP contribution is 2.26. The number of amides is 2. The van der Waals surface area contributed by atoms with Gasteiger partial charge in [0.2, 0.25) is 5.91 Å². The number of carbonyl (C=O) groups is 2. The Morgan fingerprint density at radius 2 is 2.16 bits per heavy atom. The normalized spacial score (nSPS) is 16.7. The van der Waals surface area contributed by atoms with Crippen LogP contribution < -0.4 is 5.32 Å². The topological polar surface area (TPSA) is 92.6 Å². The van der Waals surface area contributed by atoms with Crippen LogP contribution in [0.5, 0.6) is 0 Å². The van der Waals surface area contributed by atoms with E-state index in [0.29, 0.717) is 23.5 Å². The Morgan fingerprint density at radius 1 is 1.36 bits per heavy atom. The summed E-state index contributed by atoms with van der Waals surface area (Å²) in [5.41, 5.74) is 1.04. The van der Waals surface area contributed by atoms with Crippen LogP contribution in [0.3, 0.4) is 0 Å². The summed E-state index contributed by atoms with van der Waals surface area (Å²) in [5.74, 6) is -0.464. The molecule has 1 aromatic carbocycles. The van der Waals surface area contributed by atoms with Gasteiger partial charge in [0.15, 0.2) is 0 Å². The first-order valence-corrected chi connectivity index (χ1v) is 8.75. The average molecular weight is 359 g/mol. The maximum Gasteiger partial charge on any atom is 0.271 e. The van der Waals surface area contributed by atoms with E-state index in [4.69, 9.17) is 0 Å². The molecule has 7 nitrogen and oxygen atoms in total. The van der Waals surface area contributed by atoms with E-state index in [1.807, 2.05) is 5.38 Å². The van der Waals surface area contributed by atoms with Gasteiger partial charge in [0.1, 0.15) is 6.04 Å². The van der Waals surface area contributed by atoms with Gasteiger partial charge in [0.05, 0.1) is 15.5 Å². The van der Waals surface area contributed by atoms with Crippen LogP contribution in [0.2, 0.25) is 0 Å². The molecule has 1 atom stereocenters. The fourth-order valence-corrected chi connectivity index (χ4v) is 3.58. The molecule has 2 amide bonds. The summed E-state index contributed by atoms with van der Waals surface area (Å²) in [6, 6.07) is 7.31. The van der Waals surface area contributed by atoms with Crippen LogP contribution in [0.25, 0.3) is 0 Å². The Balaban J connectivity index is 1.77. The second-order valence-electron chi connectivity index (χ2n) is 5.88. The number of nitrogens with one attached hydrogen (secondary N) is 1. The summed E-state index contributed by atoms with van der Waals surface area (Å²) in [6.45, 7) is 2.30. The van der Waals surface area contributed by atoms with E-state index in [1.165, 1.54) is 23.5 Å². The van der Waals surface area contributed by atoms with E-state index in [0.717, 1.165) is 12.0 Å². The fraction of sp³-hybridized carbons (Fsp3) is 0.294. The van der Waals surface area contributed by atoms with E-state index in [9.17, 15) is 19.7 Å². The molecule has 2 heterocycles. The van der Waals surface area contributed by atoms with Crippen LogP contribution in [-0.4, -0.2) is 34.2 Å². The maximum atomic E-state index is 12.7. The van der Waals surface area contributed by atoms with E-state index >= 15 is 0 Å². The number of hydrogen-bond donors (Lipinski definition) is 1. The summed E-state index contributed by atoms with van der Waals surface area (Å²) in [6.07, 6.45) is 1.33. The summed E-state index contributed by atoms with van der Waals surface area (Å²) < 4.78 is 0. The van der Waals surface area contributed by atoms with Crippen molar-refractivity contribution in [1.82, 2.24) is 4.90 Å². The molecule has 1 saturated heterocycles. The number of nitro benzene ring substituents is 1. The van der Waals surface area contributed by atoms with Crippen molar-refractivity contribution in [3.63, 3.8) is 0 Å². The van der Waals surface area contributed by atoms with Crippen molar-refractivity contribution in [2.24, 2.45) is 0 Å². The van der Waals surface area contributed by atoms with Crippen molar-refractivity contribution in [1.29, 1.82) is 0 Å². The van der Waals surface area contributed by atoms with Gasteiger partial charge >= 0.3 is 0 Å². The van der Waals surface area contributed by atoms with E-state index in [2.05, 4.69) is 5.32 Å². The summed E-state index contributed by atoms with van der Waals surface area (Å²) >= 11 is 1.35. The van der Waals surface area contributed by atoms with Gasteiger partial charge < -0.3 is 10.2 Å². The van der Waals surface area contributed by atoms with Crippen molar-refractivity contribution >= 4 is 34.5 Å². The average Bonchev–Trinajstić information content (AvgIpc) is 3.27. The van der Waals surface area contributed by atoms with Crippen molar-refractivity contribution < 1.29 is 14.5 Å². The van der Waals surface area contributed by atoms with Crippen LogP contribution in [-0.2, 0) is 4.79 Å². The quantitative estimate of drug-likeness (QED) is 0.670. The SMILES string of the molecule is Cc1ccc([N+](=O)[O-])cc1NC(=O)[C@@H]1CCCN1C(=O)c1cccs1. The Hall–Kier alpha value is -2.74. The van der Waals surface area contributed by atoms with Crippen LogP contribution in [0, 0.1) is 17.0 Å². The minimum Gasteiger partial charge on any atom is -0.326 e. The molecule has 1 fully saturated rings. The third-order valence-corrected chi connectivity index (χ3v) is 5.10. The molecule has 130 valence electrons. The van der Waals surface area contributed by atoms with Gasteiger partial charge in [-0.05, 0) is 36.8 Å². The number of aryl methyl sites for hydroxylation is 1. The molecule has 3 rings (SSSR count). The van der Waals surface area contributed by atoms with E-state index < -0.39 is 11.0 Å². The summed E-state index contributed by atoms with van der Waals surface area (Å²) in [7, 11) is 0. The highest BCUT2D eigenvalue weighted by atomic mass is 32.1. The number of thiophene rings is 1. The molecule has 8 heteroatoms. The molecule has 1 N–H and O–H groups in total. The second kappa shape index (κ2) is 7.02. The number of non-ortho nitro benzene ring substituents is 1. The monoisotopic (exact) mass is 359 g/mol. The Bertz CT molecular complexity index is 819. The molecule has 0 saturated carbocycles. The van der Waals surface area contributed by atoms with Gasteiger partial charge in [-0.2, -0.15) is 0 Å². The highest BCUT2D eigenvalue weighted by molar-refractivity contribution is 7.12. The first-order valence-electron chi connectivity index (χ1n) is 7.88. The third-order valence-electron chi connectivity index (χ3n) is 4.24. The van der Waals surface area contributed by atoms with E-state index in [-0.39, 0.29) is 17.5 Å². The lowest BCUT2D eigenvalue weighted by atomic mass is 10.1. The minimum atomic E-state index is -0.562. The summed E-state index contributed by atoms with van der Waals surface area (Å²) in [5, 5.41) is 15.5. The van der Waals surface area contributed by atoms with Crippen LogP contribution in [0.1, 0.15) is 28.1 Å². The predicted molar refractivity (Wildman–Crippen MR) is 94.8 cm³/mol. The van der Waals surface area contributed by atoms with Gasteiger partial charge in [-0.15, -0.1) is 11.3 Å². The molecule has 1 aliphatic rings. The fourth-order valence-electron chi connectivity index (χ4n) is 2.90. The Kier molecular flexibility index (Phi) is 4.80. The standard InChI is InChI=1S/C17H17N3O4S/c1-11-6-7-12(20(23)24)10-13(11)18-16(21)14-4-2-8-19(14)17(22)15-5-3-9-25-15/h3,5-7,9-10,14H,2,4,8H2,1H3,(H,18,21)/t14-/m0/s1. The molecular weight excluding hydrogens is 342 g/mol. The van der Waals surface area contributed by atoms with Crippen LogP contribution in [0.4, 0.5) is 11.4 Å². The van der Waals surface area contributed by atoms with Gasteiger partial charge in [0.25, 0.3) is 11.6 Å². The number of benzene rings is 1. The molecule has 1 aliphatic heterocycles. The Labute approximate surface area is 148 Å². The van der Waals surface area contributed by atoms with Crippen molar-refractivity contribution in [3.8, 4) is 0 Å². The molecule has 0 aliphatic carbocycles. The lowest BCUT2D eigenvalue weighted by Crippen LogP contribution is -2.43. The molecule has 2 aromatic rings. The number of nitro groups is 1.